The van der Waals surface area contributed by atoms with Crippen LogP contribution >= 0.6 is 0 Å². The molecule has 5 nitrogen and oxygen atoms in total. The van der Waals surface area contributed by atoms with Crippen molar-refractivity contribution in [2.24, 2.45) is 10.7 Å². The highest BCUT2D eigenvalue weighted by Gasteiger charge is 2.28. The van der Waals surface area contributed by atoms with Gasteiger partial charge in [-0.25, -0.2) is 13.2 Å². The van der Waals surface area contributed by atoms with E-state index in [0.29, 0.717) is 44.7 Å². The van der Waals surface area contributed by atoms with Crippen LogP contribution in [0.1, 0.15) is 44.6 Å². The van der Waals surface area contributed by atoms with Crippen molar-refractivity contribution in [2.75, 3.05) is 32.7 Å². The van der Waals surface area contributed by atoms with Crippen molar-refractivity contribution in [2.45, 2.75) is 45.6 Å². The molecular formula is C22H29F3N4O. The number of carbonyl (C=O) groups excluding carboxylic acids is 1. The first-order valence-corrected chi connectivity index (χ1v) is 10.6. The van der Waals surface area contributed by atoms with Crippen LogP contribution in [0.15, 0.2) is 28.4 Å². The van der Waals surface area contributed by atoms with Crippen molar-refractivity contribution in [1.29, 1.82) is 0 Å². The van der Waals surface area contributed by atoms with Crippen LogP contribution in [0, 0.1) is 17.5 Å². The van der Waals surface area contributed by atoms with Crippen LogP contribution < -0.4 is 5.73 Å². The first kappa shape index (κ1) is 22.3. The number of hydrogen-bond acceptors (Lipinski definition) is 4. The molecule has 0 spiro atoms. The maximum Gasteiger partial charge on any atom is 0.270 e. The van der Waals surface area contributed by atoms with Gasteiger partial charge in [0.25, 0.3) is 5.91 Å². The third-order valence-electron chi connectivity index (χ3n) is 5.63. The maximum atomic E-state index is 14.1. The van der Waals surface area contributed by atoms with Gasteiger partial charge in [0, 0.05) is 62.5 Å². The predicted octanol–water partition coefficient (Wildman–Crippen LogP) is 3.39. The van der Waals surface area contributed by atoms with Gasteiger partial charge in [-0.3, -0.25) is 14.7 Å². The fourth-order valence-corrected chi connectivity index (χ4v) is 3.93. The van der Waals surface area contributed by atoms with Gasteiger partial charge < -0.3 is 10.6 Å². The van der Waals surface area contributed by atoms with E-state index in [0.717, 1.165) is 37.5 Å². The summed E-state index contributed by atoms with van der Waals surface area (Å²) in [6.07, 6.45) is 4.48. The maximum absolute atomic E-state index is 14.1. The van der Waals surface area contributed by atoms with Crippen molar-refractivity contribution in [1.82, 2.24) is 9.80 Å². The lowest BCUT2D eigenvalue weighted by molar-refractivity contribution is -0.128. The SMILES string of the molecule is CCCN=C1CCN(Cc2ccc(F)c(F)c2F)C/C1=C(/N)C(=O)N1CCCCC1. The number of carbonyl (C=O) groups is 1. The molecular weight excluding hydrogens is 393 g/mol. The Morgan fingerprint density at radius 2 is 1.83 bits per heavy atom. The number of hydrogen-bond donors (Lipinski definition) is 1. The highest BCUT2D eigenvalue weighted by atomic mass is 19.2. The number of rotatable bonds is 5. The van der Waals surface area contributed by atoms with Crippen molar-refractivity contribution in [3.63, 3.8) is 0 Å². The molecule has 2 saturated heterocycles. The van der Waals surface area contributed by atoms with E-state index in [4.69, 9.17) is 5.73 Å². The van der Waals surface area contributed by atoms with E-state index in [1.54, 1.807) is 4.90 Å². The van der Waals surface area contributed by atoms with Gasteiger partial charge in [0.15, 0.2) is 17.5 Å². The minimum absolute atomic E-state index is 0.0723. The first-order valence-electron chi connectivity index (χ1n) is 10.6. The molecule has 0 unspecified atom stereocenters. The van der Waals surface area contributed by atoms with Crippen LogP contribution in [0.3, 0.4) is 0 Å². The Bertz CT molecular complexity index is 847. The molecule has 0 aliphatic carbocycles. The molecule has 30 heavy (non-hydrogen) atoms. The van der Waals surface area contributed by atoms with Crippen LogP contribution in [0.25, 0.3) is 0 Å². The predicted molar refractivity (Wildman–Crippen MR) is 110 cm³/mol. The molecule has 2 N–H and O–H groups in total. The smallest absolute Gasteiger partial charge is 0.270 e. The van der Waals surface area contributed by atoms with Crippen molar-refractivity contribution in [3.8, 4) is 0 Å². The van der Waals surface area contributed by atoms with E-state index < -0.39 is 17.5 Å². The normalized spacial score (nSPS) is 21.2. The quantitative estimate of drug-likeness (QED) is 0.585. The van der Waals surface area contributed by atoms with Gasteiger partial charge in [-0.15, -0.1) is 0 Å². The Morgan fingerprint density at radius 1 is 1.10 bits per heavy atom. The van der Waals surface area contributed by atoms with Gasteiger partial charge in [0.1, 0.15) is 5.70 Å². The molecule has 2 fully saturated rings. The van der Waals surface area contributed by atoms with Crippen LogP contribution in [0.4, 0.5) is 13.2 Å². The van der Waals surface area contributed by atoms with Crippen molar-refractivity contribution < 1.29 is 18.0 Å². The number of amides is 1. The van der Waals surface area contributed by atoms with Crippen LogP contribution in [0.2, 0.25) is 0 Å². The molecule has 8 heteroatoms. The summed E-state index contributed by atoms with van der Waals surface area (Å²) in [5, 5.41) is 0. The summed E-state index contributed by atoms with van der Waals surface area (Å²) >= 11 is 0. The van der Waals surface area contributed by atoms with E-state index in [9.17, 15) is 18.0 Å². The van der Waals surface area contributed by atoms with E-state index >= 15 is 0 Å². The largest absolute Gasteiger partial charge is 0.394 e. The molecule has 0 saturated carbocycles. The lowest BCUT2D eigenvalue weighted by Crippen LogP contribution is -2.42. The standard InChI is InChI=1S/C22H29F3N4O/c1-2-9-27-18-8-12-28(13-15-6-7-17(23)20(25)19(15)24)14-16(18)21(26)22(30)29-10-4-3-5-11-29/h6-7H,2-5,8-14,26H2,1H3/b21-16-,27-18?. The molecule has 1 amide bonds. The molecule has 1 aromatic rings. The molecule has 3 rings (SSSR count). The minimum atomic E-state index is -1.47. The lowest BCUT2D eigenvalue weighted by atomic mass is 9.98. The van der Waals surface area contributed by atoms with Crippen molar-refractivity contribution >= 4 is 11.6 Å². The molecule has 0 bridgehead atoms. The van der Waals surface area contributed by atoms with Gasteiger partial charge in [-0.05, 0) is 31.7 Å². The second kappa shape index (κ2) is 10.1. The topological polar surface area (TPSA) is 61.9 Å². The van der Waals surface area contributed by atoms with E-state index in [1.807, 2.05) is 11.8 Å². The van der Waals surface area contributed by atoms with E-state index in [1.165, 1.54) is 6.07 Å². The monoisotopic (exact) mass is 422 g/mol. The molecule has 2 aliphatic heterocycles. The van der Waals surface area contributed by atoms with E-state index in [-0.39, 0.29) is 23.7 Å². The summed E-state index contributed by atoms with van der Waals surface area (Å²) in [6, 6.07) is 2.18. The summed E-state index contributed by atoms with van der Waals surface area (Å²) in [7, 11) is 0. The summed E-state index contributed by atoms with van der Waals surface area (Å²) in [5.74, 6) is -4.04. The number of aliphatic imine (C=N–C) groups is 1. The number of benzene rings is 1. The number of nitrogens with two attached hydrogens (primary N) is 1. The molecule has 0 aromatic heterocycles. The Kier molecular flexibility index (Phi) is 7.53. The fourth-order valence-electron chi connectivity index (χ4n) is 3.93. The average Bonchev–Trinajstić information content (AvgIpc) is 2.78. The van der Waals surface area contributed by atoms with Gasteiger partial charge in [-0.2, -0.15) is 0 Å². The summed E-state index contributed by atoms with van der Waals surface area (Å²) in [6.45, 7) is 5.02. The Morgan fingerprint density at radius 3 is 2.53 bits per heavy atom. The zero-order valence-electron chi connectivity index (χ0n) is 17.4. The Balaban J connectivity index is 1.84. The summed E-state index contributed by atoms with van der Waals surface area (Å²) < 4.78 is 41.0. The average molecular weight is 422 g/mol. The van der Waals surface area contributed by atoms with E-state index in [2.05, 4.69) is 4.99 Å². The fraction of sp³-hybridized carbons (Fsp3) is 0.545. The Hall–Kier alpha value is -2.35. The minimum Gasteiger partial charge on any atom is -0.394 e. The second-order valence-corrected chi connectivity index (χ2v) is 7.87. The van der Waals surface area contributed by atoms with Gasteiger partial charge >= 0.3 is 0 Å². The number of piperidine rings is 2. The van der Waals surface area contributed by atoms with Crippen LogP contribution in [-0.4, -0.2) is 54.1 Å². The molecule has 2 heterocycles. The number of likely N-dealkylation sites (tertiary alicyclic amines) is 2. The van der Waals surface area contributed by atoms with Crippen molar-refractivity contribution in [3.05, 3.63) is 46.4 Å². The highest BCUT2D eigenvalue weighted by molar-refractivity contribution is 6.08. The molecule has 164 valence electrons. The zero-order chi connectivity index (χ0) is 21.7. The summed E-state index contributed by atoms with van der Waals surface area (Å²) in [4.78, 5) is 21.2. The molecule has 1 aromatic carbocycles. The highest BCUT2D eigenvalue weighted by Crippen LogP contribution is 2.23. The number of nitrogens with zero attached hydrogens (tertiary/aromatic N) is 3. The van der Waals surface area contributed by atoms with Crippen LogP contribution in [0.5, 0.6) is 0 Å². The zero-order valence-corrected chi connectivity index (χ0v) is 17.4. The Labute approximate surface area is 175 Å². The third-order valence-corrected chi connectivity index (χ3v) is 5.63. The van der Waals surface area contributed by atoms with Crippen LogP contribution in [-0.2, 0) is 11.3 Å². The summed E-state index contributed by atoms with van der Waals surface area (Å²) in [5.41, 5.74) is 8.03. The van der Waals surface area contributed by atoms with Gasteiger partial charge in [0.05, 0.1) is 0 Å². The molecule has 2 aliphatic rings. The second-order valence-electron chi connectivity index (χ2n) is 7.87. The van der Waals surface area contributed by atoms with Gasteiger partial charge in [-0.1, -0.05) is 13.0 Å². The van der Waals surface area contributed by atoms with Gasteiger partial charge in [0.2, 0.25) is 0 Å². The number of halogens is 3. The first-order chi connectivity index (χ1) is 14.4. The molecule has 0 radical (unpaired) electrons. The molecule has 0 atom stereocenters. The third kappa shape index (κ3) is 5.03. The lowest BCUT2D eigenvalue weighted by Gasteiger charge is -2.32.